The Morgan fingerprint density at radius 1 is 1.41 bits per heavy atom. The molecular formula is C16H19FN2O3. The van der Waals surface area contributed by atoms with Gasteiger partial charge in [0.05, 0.1) is 11.6 Å². The van der Waals surface area contributed by atoms with E-state index in [1.807, 2.05) is 19.0 Å². The molecule has 1 aromatic carbocycles. The van der Waals surface area contributed by atoms with Crippen LogP contribution in [-0.2, 0) is 9.59 Å². The van der Waals surface area contributed by atoms with Crippen molar-refractivity contribution in [2.45, 2.75) is 13.0 Å². The molecule has 0 fully saturated rings. The number of ketones is 1. The minimum Gasteiger partial charge on any atom is -0.503 e. The van der Waals surface area contributed by atoms with Crippen LogP contribution in [0.5, 0.6) is 0 Å². The molecule has 1 unspecified atom stereocenters. The van der Waals surface area contributed by atoms with Gasteiger partial charge in [-0.25, -0.2) is 4.39 Å². The standard InChI is InChI=1S/C16H19FN2O3/c1-10(20)13-14(11-5-4-6-12(17)9-11)19(8-7-18(2)3)16(22)15(13)21/h4-6,9,14,21H,7-8H2,1-3H3. The molecule has 22 heavy (non-hydrogen) atoms. The minimum atomic E-state index is -0.749. The zero-order valence-electron chi connectivity index (χ0n) is 12.8. The summed E-state index contributed by atoms with van der Waals surface area (Å²) in [5.41, 5.74) is 0.496. The first-order valence-corrected chi connectivity index (χ1v) is 6.98. The minimum absolute atomic E-state index is 0.0226. The Labute approximate surface area is 128 Å². The van der Waals surface area contributed by atoms with E-state index in [0.29, 0.717) is 18.7 Å². The highest BCUT2D eigenvalue weighted by molar-refractivity contribution is 6.08. The van der Waals surface area contributed by atoms with Crippen molar-refractivity contribution in [1.82, 2.24) is 9.80 Å². The molecule has 0 saturated heterocycles. The number of Topliss-reactive ketones (excluding diaryl/α,β-unsaturated/α-hetero) is 1. The molecule has 5 nitrogen and oxygen atoms in total. The molecule has 1 atom stereocenters. The van der Waals surface area contributed by atoms with Crippen LogP contribution in [0.3, 0.4) is 0 Å². The lowest BCUT2D eigenvalue weighted by atomic mass is 9.96. The SMILES string of the molecule is CC(=O)C1=C(O)C(=O)N(CCN(C)C)C1c1cccc(F)c1. The Balaban J connectivity index is 2.46. The van der Waals surface area contributed by atoms with Crippen molar-refractivity contribution < 1.29 is 19.1 Å². The van der Waals surface area contributed by atoms with Gasteiger partial charge in [-0.3, -0.25) is 9.59 Å². The van der Waals surface area contributed by atoms with Gasteiger partial charge in [-0.2, -0.15) is 0 Å². The third kappa shape index (κ3) is 3.01. The van der Waals surface area contributed by atoms with Crippen molar-refractivity contribution in [2.75, 3.05) is 27.2 Å². The second kappa shape index (κ2) is 6.27. The van der Waals surface area contributed by atoms with E-state index in [4.69, 9.17) is 0 Å². The number of aliphatic hydroxyl groups is 1. The molecule has 1 N–H and O–H groups in total. The second-order valence-electron chi connectivity index (χ2n) is 5.58. The maximum absolute atomic E-state index is 13.5. The summed E-state index contributed by atoms with van der Waals surface area (Å²) in [5.74, 6) is -1.99. The highest BCUT2D eigenvalue weighted by Gasteiger charge is 2.42. The number of amides is 1. The molecule has 2 rings (SSSR count). The van der Waals surface area contributed by atoms with E-state index >= 15 is 0 Å². The second-order valence-corrected chi connectivity index (χ2v) is 5.58. The number of carbonyl (C=O) groups is 2. The van der Waals surface area contributed by atoms with Crippen molar-refractivity contribution in [3.8, 4) is 0 Å². The fraction of sp³-hybridized carbons (Fsp3) is 0.375. The first kappa shape index (κ1) is 16.2. The summed E-state index contributed by atoms with van der Waals surface area (Å²) >= 11 is 0. The van der Waals surface area contributed by atoms with Crippen LogP contribution < -0.4 is 0 Å². The van der Waals surface area contributed by atoms with Crippen LogP contribution in [0.2, 0.25) is 0 Å². The van der Waals surface area contributed by atoms with Crippen LogP contribution in [0.4, 0.5) is 4.39 Å². The number of halogens is 1. The fourth-order valence-electron chi connectivity index (χ4n) is 2.57. The lowest BCUT2D eigenvalue weighted by Crippen LogP contribution is -2.36. The predicted molar refractivity (Wildman–Crippen MR) is 79.7 cm³/mol. The van der Waals surface area contributed by atoms with Gasteiger partial charge in [-0.15, -0.1) is 0 Å². The molecule has 1 aromatic rings. The molecule has 118 valence electrons. The van der Waals surface area contributed by atoms with Gasteiger partial charge in [0.15, 0.2) is 11.5 Å². The third-order valence-electron chi connectivity index (χ3n) is 3.64. The van der Waals surface area contributed by atoms with Crippen molar-refractivity contribution in [2.24, 2.45) is 0 Å². The summed E-state index contributed by atoms with van der Waals surface area (Å²) in [6.45, 7) is 2.18. The Morgan fingerprint density at radius 3 is 2.64 bits per heavy atom. The molecule has 6 heteroatoms. The van der Waals surface area contributed by atoms with Crippen LogP contribution in [0.25, 0.3) is 0 Å². The monoisotopic (exact) mass is 306 g/mol. The van der Waals surface area contributed by atoms with Gasteiger partial charge in [-0.1, -0.05) is 12.1 Å². The van der Waals surface area contributed by atoms with E-state index in [2.05, 4.69) is 0 Å². The first-order chi connectivity index (χ1) is 10.3. The number of benzene rings is 1. The Bertz CT molecular complexity index is 640. The quantitative estimate of drug-likeness (QED) is 0.899. The van der Waals surface area contributed by atoms with Gasteiger partial charge < -0.3 is 14.9 Å². The summed E-state index contributed by atoms with van der Waals surface area (Å²) in [6.07, 6.45) is 0. The van der Waals surface area contributed by atoms with Gasteiger partial charge in [0.1, 0.15) is 5.82 Å². The van der Waals surface area contributed by atoms with Gasteiger partial charge in [0.25, 0.3) is 5.91 Å². The predicted octanol–water partition coefficient (Wildman–Crippen LogP) is 1.67. The number of hydrogen-bond acceptors (Lipinski definition) is 4. The number of aliphatic hydroxyl groups excluding tert-OH is 1. The van der Waals surface area contributed by atoms with Crippen molar-refractivity contribution in [3.63, 3.8) is 0 Å². The van der Waals surface area contributed by atoms with E-state index in [0.717, 1.165) is 0 Å². The lowest BCUT2D eigenvalue weighted by molar-refractivity contribution is -0.129. The Morgan fingerprint density at radius 2 is 2.09 bits per heavy atom. The molecule has 1 aliphatic rings. The van der Waals surface area contributed by atoms with Crippen LogP contribution in [0.15, 0.2) is 35.6 Å². The van der Waals surface area contributed by atoms with Crippen LogP contribution in [0, 0.1) is 5.82 Å². The topological polar surface area (TPSA) is 60.9 Å². The van der Waals surface area contributed by atoms with Crippen LogP contribution in [-0.4, -0.2) is 53.8 Å². The maximum Gasteiger partial charge on any atom is 0.290 e. The highest BCUT2D eigenvalue weighted by Crippen LogP contribution is 2.37. The van der Waals surface area contributed by atoms with Crippen LogP contribution in [0.1, 0.15) is 18.5 Å². The highest BCUT2D eigenvalue weighted by atomic mass is 19.1. The maximum atomic E-state index is 13.5. The normalized spacial score (nSPS) is 18.5. The summed E-state index contributed by atoms with van der Waals surface area (Å²) in [5, 5.41) is 10.0. The van der Waals surface area contributed by atoms with Gasteiger partial charge in [0, 0.05) is 13.1 Å². The molecule has 1 heterocycles. The van der Waals surface area contributed by atoms with E-state index in [1.54, 1.807) is 6.07 Å². The number of likely N-dealkylation sites (N-methyl/N-ethyl adjacent to an activating group) is 1. The summed E-state index contributed by atoms with van der Waals surface area (Å²) in [4.78, 5) is 27.4. The molecule has 0 spiro atoms. The van der Waals surface area contributed by atoms with E-state index in [-0.39, 0.29) is 5.57 Å². The molecular weight excluding hydrogens is 287 g/mol. The Kier molecular flexibility index (Phi) is 4.61. The van der Waals surface area contributed by atoms with Gasteiger partial charge >= 0.3 is 0 Å². The smallest absolute Gasteiger partial charge is 0.290 e. The summed E-state index contributed by atoms with van der Waals surface area (Å²) in [7, 11) is 3.72. The van der Waals surface area contributed by atoms with Crippen molar-refractivity contribution in [1.29, 1.82) is 0 Å². The largest absolute Gasteiger partial charge is 0.503 e. The zero-order chi connectivity index (χ0) is 16.4. The summed E-state index contributed by atoms with van der Waals surface area (Å²) in [6, 6.07) is 4.99. The van der Waals surface area contributed by atoms with E-state index in [9.17, 15) is 19.1 Å². The number of rotatable bonds is 5. The van der Waals surface area contributed by atoms with Crippen LogP contribution >= 0.6 is 0 Å². The number of nitrogens with zero attached hydrogens (tertiary/aromatic N) is 2. The molecule has 1 aliphatic heterocycles. The lowest BCUT2D eigenvalue weighted by Gasteiger charge is -2.27. The Hall–Kier alpha value is -2.21. The average Bonchev–Trinajstić information content (AvgIpc) is 2.69. The third-order valence-corrected chi connectivity index (χ3v) is 3.64. The molecule has 0 saturated carbocycles. The molecule has 0 aromatic heterocycles. The number of hydrogen-bond donors (Lipinski definition) is 1. The van der Waals surface area contributed by atoms with Crippen molar-refractivity contribution >= 4 is 11.7 Å². The molecule has 0 bridgehead atoms. The summed E-state index contributed by atoms with van der Waals surface area (Å²) < 4.78 is 13.5. The fourth-order valence-corrected chi connectivity index (χ4v) is 2.57. The van der Waals surface area contributed by atoms with Gasteiger partial charge in [0.2, 0.25) is 0 Å². The molecule has 0 aliphatic carbocycles. The van der Waals surface area contributed by atoms with Crippen molar-refractivity contribution in [3.05, 3.63) is 47.0 Å². The number of carbonyl (C=O) groups excluding carboxylic acids is 2. The van der Waals surface area contributed by atoms with E-state index < -0.39 is 29.3 Å². The van der Waals surface area contributed by atoms with E-state index in [1.165, 1.54) is 30.0 Å². The zero-order valence-corrected chi connectivity index (χ0v) is 12.8. The van der Waals surface area contributed by atoms with Gasteiger partial charge in [-0.05, 0) is 38.7 Å². The first-order valence-electron chi connectivity index (χ1n) is 6.98. The molecule has 1 amide bonds. The average molecular weight is 306 g/mol. The molecule has 0 radical (unpaired) electrons.